The number of H-pyrrole nitrogens is 5. The first-order valence-electron chi connectivity index (χ1n) is 38.6. The van der Waals surface area contributed by atoms with Gasteiger partial charge in [0.15, 0.2) is 0 Å². The molecular formula is C92H95Br2FN12S. The lowest BCUT2D eigenvalue weighted by Crippen LogP contribution is -2.22. The highest BCUT2D eigenvalue weighted by Gasteiger charge is 2.25. The van der Waals surface area contributed by atoms with Gasteiger partial charge in [-0.05, 0) is 254 Å². The summed E-state index contributed by atoms with van der Waals surface area (Å²) in [5, 5.41) is 8.73. The average Bonchev–Trinajstić information content (AvgIpc) is 1.81. The second kappa shape index (κ2) is 34.7. The highest BCUT2D eigenvalue weighted by atomic mass is 79.9. The fourth-order valence-corrected chi connectivity index (χ4v) is 18.4. The van der Waals surface area contributed by atoms with Crippen molar-refractivity contribution in [1.29, 1.82) is 0 Å². The smallest absolute Gasteiger partial charge is 0.123 e. The molecule has 550 valence electrons. The minimum Gasteiger partial charge on any atom is -0.358 e. The van der Waals surface area contributed by atoms with E-state index in [1.165, 1.54) is 177 Å². The molecule has 0 radical (unpaired) electrons. The molecule has 5 N–H and O–H groups in total. The van der Waals surface area contributed by atoms with Crippen molar-refractivity contribution >= 4 is 97.7 Å². The van der Waals surface area contributed by atoms with E-state index in [-0.39, 0.29) is 5.82 Å². The van der Waals surface area contributed by atoms with Crippen LogP contribution in [0.4, 0.5) is 4.39 Å². The number of aromatic amines is 5. The van der Waals surface area contributed by atoms with Gasteiger partial charge in [-0.25, -0.2) is 4.39 Å². The summed E-state index contributed by atoms with van der Waals surface area (Å²) in [4.78, 5) is 40.5. The fraction of sp³-hybridized carbons (Fsp3) is 0.283. The quantitative estimate of drug-likeness (QED) is 0.0925. The number of hydrogen-bond donors (Lipinski definition) is 5. The van der Waals surface area contributed by atoms with Gasteiger partial charge in [-0.15, -0.1) is 11.3 Å². The maximum atomic E-state index is 13.6. The van der Waals surface area contributed by atoms with Crippen LogP contribution in [0.5, 0.6) is 0 Å². The van der Waals surface area contributed by atoms with E-state index in [1.54, 1.807) is 12.3 Å². The number of halogens is 3. The van der Waals surface area contributed by atoms with Gasteiger partial charge in [0.2, 0.25) is 0 Å². The zero-order valence-electron chi connectivity index (χ0n) is 61.7. The van der Waals surface area contributed by atoms with Crippen molar-refractivity contribution in [3.63, 3.8) is 0 Å². The molecule has 0 unspecified atom stereocenters. The lowest BCUT2D eigenvalue weighted by atomic mass is 10.1. The second-order valence-electron chi connectivity index (χ2n) is 29.9. The molecular weight excluding hydrogens is 1480 g/mol. The molecule has 20 rings (SSSR count). The minimum absolute atomic E-state index is 0.169. The van der Waals surface area contributed by atoms with Gasteiger partial charge in [0, 0.05) is 182 Å². The molecule has 0 atom stereocenters. The molecule has 13 heterocycles. The predicted octanol–water partition coefficient (Wildman–Crippen LogP) is 21.4. The molecule has 12 nitrogen and oxygen atoms in total. The Morgan fingerprint density at radius 2 is 0.787 bits per heavy atom. The standard InChI is InChI=1S/2C19H19BrN2.C18H18FN3.C18H19N3.C18H20N2S/c20-17-9-4-8-15-16-13-22(12-14-6-2-1-3-7-14)11-5-10-18(16)21-19(15)17;20-15-8-9-19-16(11-15)17-13-22(10-4-7-18(17)21-19)12-14-5-2-1-3-6-14;19-14-5-6-18-15(9-14)16-12-22(8-2-4-17(16)21-18)11-13-3-1-7-20-10-13;1-2-7-17-15(6-1)16-13-21(10-4-8-18(16)20-17)12-14-5-3-9-19-11-14;1-13-6-7-18-15(10-13)16-12-20(8-2-5-17(16)19-18)11-14-4-3-9-21-14/h1-4,6-9,21H,5,10-13H2;1-3,5-6,8-9,11,21H,4,7,10,12-13H2;1,3,5-7,9-10,21H,2,4,8,11-12H2;1-3,5-7,9,11,20H,4,8,10,12-13H2;3-4,6-7,9-10,19H,2,5,8,11-12H2,1H3. The SMILES string of the molecule is Brc1ccc2[nH]c3c(c2c1)CN(Cc1ccccc1)CCC3.Brc1cccc2c3c([nH]c12)CCCN(Cc1ccccc1)C3.Cc1ccc2[nH]c3c(c2c1)CN(Cc1cccs1)CCC3.Fc1ccc2[nH]c3c(c2c1)CN(Cc1cccnc1)CCC3.c1cncc(CN2CCCc3[nH]c4ccccc4c3C2)c1. The predicted molar refractivity (Wildman–Crippen MR) is 449 cm³/mol. The van der Waals surface area contributed by atoms with E-state index < -0.39 is 0 Å². The summed E-state index contributed by atoms with van der Waals surface area (Å²) in [7, 11) is 0. The number of para-hydroxylation sites is 2. The van der Waals surface area contributed by atoms with Crippen molar-refractivity contribution in [2.45, 2.75) is 137 Å². The number of hydrogen-bond acceptors (Lipinski definition) is 8. The molecule has 15 aromatic rings. The number of aryl methyl sites for hydroxylation is 6. The van der Waals surface area contributed by atoms with Crippen LogP contribution >= 0.6 is 43.2 Å². The number of rotatable bonds is 10. The number of aromatic nitrogens is 7. The summed E-state index contributed by atoms with van der Waals surface area (Å²) in [5.41, 5.74) is 26.9. The molecule has 108 heavy (non-hydrogen) atoms. The van der Waals surface area contributed by atoms with Gasteiger partial charge in [0.1, 0.15) is 5.82 Å². The molecule has 0 bridgehead atoms. The molecule has 0 aliphatic carbocycles. The maximum absolute atomic E-state index is 13.6. The normalized spacial score (nSPS) is 15.8. The van der Waals surface area contributed by atoms with Gasteiger partial charge in [0.25, 0.3) is 0 Å². The Labute approximate surface area is 654 Å². The van der Waals surface area contributed by atoms with Crippen LogP contribution in [0, 0.1) is 12.7 Å². The van der Waals surface area contributed by atoms with Crippen molar-refractivity contribution < 1.29 is 4.39 Å². The number of nitrogens with zero attached hydrogens (tertiary/aromatic N) is 7. The Kier molecular flexibility index (Phi) is 23.5. The third-order valence-electron chi connectivity index (χ3n) is 22.1. The summed E-state index contributed by atoms with van der Waals surface area (Å²) in [6, 6.07) is 67.6. The van der Waals surface area contributed by atoms with Crippen molar-refractivity contribution in [2.24, 2.45) is 0 Å². The molecule has 0 spiro atoms. The average molecular weight is 1580 g/mol. The summed E-state index contributed by atoms with van der Waals surface area (Å²) in [5.74, 6) is -0.169. The van der Waals surface area contributed by atoms with Crippen LogP contribution in [0.25, 0.3) is 54.5 Å². The molecule has 7 aromatic carbocycles. The monoisotopic (exact) mass is 1580 g/mol. The Hall–Kier alpha value is -9.07. The summed E-state index contributed by atoms with van der Waals surface area (Å²) in [6.45, 7) is 17.9. The number of pyridine rings is 2. The first-order valence-corrected chi connectivity index (χ1v) is 41.1. The van der Waals surface area contributed by atoms with Crippen LogP contribution in [-0.4, -0.2) is 92.1 Å². The van der Waals surface area contributed by atoms with E-state index in [0.717, 1.165) is 144 Å². The van der Waals surface area contributed by atoms with Crippen LogP contribution < -0.4 is 0 Å². The van der Waals surface area contributed by atoms with Crippen LogP contribution in [0.3, 0.4) is 0 Å². The van der Waals surface area contributed by atoms with Gasteiger partial charge in [-0.2, -0.15) is 0 Å². The van der Waals surface area contributed by atoms with Crippen LogP contribution in [0.2, 0.25) is 0 Å². The Bertz CT molecular complexity index is 5250. The largest absolute Gasteiger partial charge is 0.358 e. The topological polar surface area (TPSA) is 121 Å². The van der Waals surface area contributed by atoms with E-state index in [2.05, 4.69) is 267 Å². The molecule has 0 saturated carbocycles. The molecule has 0 saturated heterocycles. The van der Waals surface area contributed by atoms with E-state index in [9.17, 15) is 4.39 Å². The number of thiophene rings is 1. The lowest BCUT2D eigenvalue weighted by Gasteiger charge is -2.20. The van der Waals surface area contributed by atoms with Crippen molar-refractivity contribution in [3.05, 3.63) is 328 Å². The van der Waals surface area contributed by atoms with E-state index in [0.29, 0.717) is 0 Å². The van der Waals surface area contributed by atoms with E-state index in [1.807, 2.05) is 48.1 Å². The van der Waals surface area contributed by atoms with Gasteiger partial charge < -0.3 is 24.9 Å². The van der Waals surface area contributed by atoms with Gasteiger partial charge in [-0.3, -0.25) is 34.5 Å². The molecule has 16 heteroatoms. The Balaban J connectivity index is 0.000000103. The van der Waals surface area contributed by atoms with Gasteiger partial charge >= 0.3 is 0 Å². The molecule has 0 amide bonds. The highest BCUT2D eigenvalue weighted by molar-refractivity contribution is 9.11. The zero-order valence-corrected chi connectivity index (χ0v) is 65.7. The van der Waals surface area contributed by atoms with Crippen LogP contribution in [0.1, 0.15) is 121 Å². The lowest BCUT2D eigenvalue weighted by molar-refractivity contribution is 0.261. The Morgan fingerprint density at radius 3 is 1.30 bits per heavy atom. The molecule has 5 aliphatic heterocycles. The number of benzene rings is 7. The third kappa shape index (κ3) is 17.8. The maximum Gasteiger partial charge on any atom is 0.123 e. The molecule has 0 fully saturated rings. The van der Waals surface area contributed by atoms with Gasteiger partial charge in [0.05, 0.1) is 5.52 Å². The first-order chi connectivity index (χ1) is 53.1. The third-order valence-corrected chi connectivity index (χ3v) is 24.1. The molecule has 5 aliphatic rings. The summed E-state index contributed by atoms with van der Waals surface area (Å²) < 4.78 is 15.9. The first kappa shape index (κ1) is 73.1. The summed E-state index contributed by atoms with van der Waals surface area (Å²) >= 11 is 9.14. The minimum atomic E-state index is -0.169. The number of fused-ring (bicyclic) bond motifs is 15. The fourth-order valence-electron chi connectivity index (χ4n) is 16.9. The second-order valence-corrected chi connectivity index (χ2v) is 32.7. The van der Waals surface area contributed by atoms with E-state index in [4.69, 9.17) is 0 Å². The number of nitrogens with one attached hydrogen (secondary N) is 5. The van der Waals surface area contributed by atoms with Crippen molar-refractivity contribution in [3.8, 4) is 0 Å². The highest BCUT2D eigenvalue weighted by Crippen LogP contribution is 2.36. The van der Waals surface area contributed by atoms with E-state index >= 15 is 0 Å². The summed E-state index contributed by atoms with van der Waals surface area (Å²) in [6.07, 6.45) is 19.1. The van der Waals surface area contributed by atoms with Gasteiger partial charge in [-0.1, -0.05) is 137 Å². The Morgan fingerprint density at radius 1 is 0.370 bits per heavy atom. The molecule has 8 aromatic heterocycles. The van der Waals surface area contributed by atoms with Crippen LogP contribution in [-0.2, 0) is 97.6 Å². The van der Waals surface area contributed by atoms with Crippen molar-refractivity contribution in [1.82, 2.24) is 59.4 Å². The van der Waals surface area contributed by atoms with Crippen LogP contribution in [0.15, 0.2) is 233 Å². The zero-order chi connectivity index (χ0) is 73.1. The van der Waals surface area contributed by atoms with Crippen molar-refractivity contribution in [2.75, 3.05) is 32.7 Å².